The zero-order valence-corrected chi connectivity index (χ0v) is 13.1. The molecule has 10 heteroatoms. The Morgan fingerprint density at radius 1 is 1.24 bits per heavy atom. The van der Waals surface area contributed by atoms with E-state index in [2.05, 4.69) is 15.5 Å². The van der Waals surface area contributed by atoms with E-state index >= 15 is 0 Å². The minimum Gasteiger partial charge on any atom is -0.378 e. The normalized spacial score (nSPS) is 14.2. The average Bonchev–Trinajstić information content (AvgIpc) is 3.13. The lowest BCUT2D eigenvalue weighted by Crippen LogP contribution is -2.40. The maximum absolute atomic E-state index is 12.3. The van der Waals surface area contributed by atoms with E-state index in [9.17, 15) is 19.7 Å². The molecule has 0 atom stereocenters. The molecule has 3 rings (SSSR count). The molecule has 1 aromatic carbocycles. The third-order valence-corrected chi connectivity index (χ3v) is 3.73. The van der Waals surface area contributed by atoms with E-state index in [1.807, 2.05) is 0 Å². The first kappa shape index (κ1) is 16.6. The molecule has 0 spiro atoms. The van der Waals surface area contributed by atoms with Crippen LogP contribution in [0.5, 0.6) is 0 Å². The summed E-state index contributed by atoms with van der Waals surface area (Å²) < 4.78 is 5.21. The maximum atomic E-state index is 12.3. The Balaban J connectivity index is 1.68. The summed E-state index contributed by atoms with van der Waals surface area (Å²) in [5.74, 6) is -0.790. The summed E-state index contributed by atoms with van der Waals surface area (Å²) in [6, 6.07) is 6.31. The molecule has 25 heavy (non-hydrogen) atoms. The van der Waals surface area contributed by atoms with Gasteiger partial charge in [-0.05, 0) is 24.3 Å². The third-order valence-electron chi connectivity index (χ3n) is 3.73. The van der Waals surface area contributed by atoms with Crippen molar-refractivity contribution in [3.63, 3.8) is 0 Å². The van der Waals surface area contributed by atoms with Crippen LogP contribution in [0.3, 0.4) is 0 Å². The minimum atomic E-state index is -0.692. The fourth-order valence-corrected chi connectivity index (χ4v) is 2.42. The van der Waals surface area contributed by atoms with Crippen LogP contribution < -0.4 is 5.32 Å². The number of aromatic nitrogens is 2. The highest BCUT2D eigenvalue weighted by atomic mass is 16.6. The monoisotopic (exact) mass is 345 g/mol. The minimum absolute atomic E-state index is 0.106. The molecule has 1 aliphatic heterocycles. The summed E-state index contributed by atoms with van der Waals surface area (Å²) in [4.78, 5) is 36.3. The zero-order chi connectivity index (χ0) is 17.8. The van der Waals surface area contributed by atoms with E-state index in [0.29, 0.717) is 37.6 Å². The second-order valence-electron chi connectivity index (χ2n) is 5.32. The van der Waals surface area contributed by atoms with Crippen molar-refractivity contribution < 1.29 is 19.2 Å². The lowest BCUT2D eigenvalue weighted by Gasteiger charge is -2.26. The highest BCUT2D eigenvalue weighted by Gasteiger charge is 2.23. The number of nitrogens with one attached hydrogen (secondary N) is 2. The van der Waals surface area contributed by atoms with Crippen molar-refractivity contribution in [3.05, 3.63) is 51.8 Å². The van der Waals surface area contributed by atoms with Crippen molar-refractivity contribution in [1.29, 1.82) is 0 Å². The number of aromatic amines is 1. The quantitative estimate of drug-likeness (QED) is 0.629. The Labute approximate surface area is 141 Å². The van der Waals surface area contributed by atoms with Crippen LogP contribution in [-0.4, -0.2) is 58.1 Å². The topological polar surface area (TPSA) is 130 Å². The summed E-state index contributed by atoms with van der Waals surface area (Å²) in [5.41, 5.74) is 0.259. The SMILES string of the molecule is O=C(Nc1ccc(C(=O)N2CCOCC2)cc1)c1[nH]ncc1[N+](=O)[O-]. The number of hydrogen-bond donors (Lipinski definition) is 2. The molecule has 1 saturated heterocycles. The van der Waals surface area contributed by atoms with Gasteiger partial charge in [-0.1, -0.05) is 0 Å². The molecule has 1 aromatic heterocycles. The van der Waals surface area contributed by atoms with E-state index in [0.717, 1.165) is 6.20 Å². The van der Waals surface area contributed by atoms with Crippen LogP contribution in [-0.2, 0) is 4.74 Å². The number of amides is 2. The van der Waals surface area contributed by atoms with Crippen molar-refractivity contribution in [2.75, 3.05) is 31.6 Å². The summed E-state index contributed by atoms with van der Waals surface area (Å²) in [7, 11) is 0. The van der Waals surface area contributed by atoms with Crippen LogP contribution >= 0.6 is 0 Å². The third kappa shape index (κ3) is 3.63. The Morgan fingerprint density at radius 2 is 1.92 bits per heavy atom. The average molecular weight is 345 g/mol. The smallest absolute Gasteiger partial charge is 0.319 e. The van der Waals surface area contributed by atoms with Crippen molar-refractivity contribution in [3.8, 4) is 0 Å². The number of carbonyl (C=O) groups excluding carboxylic acids is 2. The fraction of sp³-hybridized carbons (Fsp3) is 0.267. The van der Waals surface area contributed by atoms with Gasteiger partial charge in [0, 0.05) is 24.3 Å². The predicted octanol–water partition coefficient (Wildman–Crippen LogP) is 1.04. The second kappa shape index (κ2) is 7.09. The van der Waals surface area contributed by atoms with Gasteiger partial charge in [0.2, 0.25) is 5.69 Å². The molecular weight excluding hydrogens is 330 g/mol. The highest BCUT2D eigenvalue weighted by molar-refractivity contribution is 6.05. The van der Waals surface area contributed by atoms with E-state index in [4.69, 9.17) is 4.74 Å². The number of rotatable bonds is 4. The standard InChI is InChI=1S/C15H15N5O5/c21-14(13-12(20(23)24)9-16-18-13)17-11-3-1-10(2-4-11)15(22)19-5-7-25-8-6-19/h1-4,9H,5-8H2,(H,16,18)(H,17,21). The highest BCUT2D eigenvalue weighted by Crippen LogP contribution is 2.18. The van der Waals surface area contributed by atoms with Gasteiger partial charge >= 0.3 is 5.69 Å². The molecule has 2 heterocycles. The van der Waals surface area contributed by atoms with Crippen LogP contribution in [0.4, 0.5) is 11.4 Å². The number of nitro groups is 1. The molecule has 2 amide bonds. The van der Waals surface area contributed by atoms with Crippen LogP contribution in [0.15, 0.2) is 30.5 Å². The van der Waals surface area contributed by atoms with Gasteiger partial charge < -0.3 is 15.0 Å². The van der Waals surface area contributed by atoms with Crippen molar-refractivity contribution in [1.82, 2.24) is 15.1 Å². The Hall–Kier alpha value is -3.27. The summed E-state index contributed by atoms with van der Waals surface area (Å²) >= 11 is 0. The van der Waals surface area contributed by atoms with Gasteiger partial charge in [-0.15, -0.1) is 0 Å². The maximum Gasteiger partial charge on any atom is 0.319 e. The van der Waals surface area contributed by atoms with Gasteiger partial charge in [-0.3, -0.25) is 24.8 Å². The molecule has 0 radical (unpaired) electrons. The molecule has 130 valence electrons. The predicted molar refractivity (Wildman–Crippen MR) is 86.4 cm³/mol. The first-order valence-corrected chi connectivity index (χ1v) is 7.52. The summed E-state index contributed by atoms with van der Waals surface area (Å²) in [5, 5.41) is 19.2. The number of nitrogens with zero attached hydrogens (tertiary/aromatic N) is 3. The molecule has 0 bridgehead atoms. The Kier molecular flexibility index (Phi) is 4.70. The number of carbonyl (C=O) groups is 2. The first-order chi connectivity index (χ1) is 12.1. The number of hydrogen-bond acceptors (Lipinski definition) is 6. The van der Waals surface area contributed by atoms with Gasteiger partial charge in [0.1, 0.15) is 6.20 Å². The second-order valence-corrected chi connectivity index (χ2v) is 5.32. The molecule has 2 aromatic rings. The van der Waals surface area contributed by atoms with E-state index in [1.54, 1.807) is 29.2 Å². The fourth-order valence-electron chi connectivity index (χ4n) is 2.42. The van der Waals surface area contributed by atoms with Gasteiger partial charge in [-0.2, -0.15) is 5.10 Å². The molecule has 1 aliphatic rings. The Morgan fingerprint density at radius 3 is 2.56 bits per heavy atom. The molecule has 10 nitrogen and oxygen atoms in total. The van der Waals surface area contributed by atoms with Crippen LogP contribution in [0.25, 0.3) is 0 Å². The van der Waals surface area contributed by atoms with Crippen LogP contribution in [0, 0.1) is 10.1 Å². The summed E-state index contributed by atoms with van der Waals surface area (Å²) in [6.07, 6.45) is 0.971. The summed E-state index contributed by atoms with van der Waals surface area (Å²) in [6.45, 7) is 2.12. The largest absolute Gasteiger partial charge is 0.378 e. The number of H-pyrrole nitrogens is 1. The Bertz CT molecular complexity index is 795. The van der Waals surface area contributed by atoms with Gasteiger partial charge in [-0.25, -0.2) is 0 Å². The van der Waals surface area contributed by atoms with Gasteiger partial charge in [0.15, 0.2) is 0 Å². The van der Waals surface area contributed by atoms with E-state index in [1.165, 1.54) is 0 Å². The molecule has 1 fully saturated rings. The van der Waals surface area contributed by atoms with E-state index in [-0.39, 0.29) is 11.6 Å². The number of benzene rings is 1. The number of ether oxygens (including phenoxy) is 1. The van der Waals surface area contributed by atoms with Gasteiger partial charge in [0.05, 0.1) is 18.1 Å². The molecule has 0 unspecified atom stereocenters. The number of morpholine rings is 1. The van der Waals surface area contributed by atoms with Crippen LogP contribution in [0.1, 0.15) is 20.8 Å². The zero-order valence-electron chi connectivity index (χ0n) is 13.1. The lowest BCUT2D eigenvalue weighted by molar-refractivity contribution is -0.385. The molecule has 0 saturated carbocycles. The molecule has 2 N–H and O–H groups in total. The number of anilines is 1. The van der Waals surface area contributed by atoms with Crippen molar-refractivity contribution in [2.24, 2.45) is 0 Å². The van der Waals surface area contributed by atoms with Crippen molar-refractivity contribution in [2.45, 2.75) is 0 Å². The van der Waals surface area contributed by atoms with Crippen LogP contribution in [0.2, 0.25) is 0 Å². The molecule has 0 aliphatic carbocycles. The lowest BCUT2D eigenvalue weighted by atomic mass is 10.1. The van der Waals surface area contributed by atoms with Crippen molar-refractivity contribution >= 4 is 23.2 Å². The molecular formula is C15H15N5O5. The first-order valence-electron chi connectivity index (χ1n) is 7.52. The van der Waals surface area contributed by atoms with E-state index < -0.39 is 16.5 Å². The van der Waals surface area contributed by atoms with Gasteiger partial charge in [0.25, 0.3) is 11.8 Å².